The Morgan fingerprint density at radius 1 is 1.04 bits per heavy atom. The van der Waals surface area contributed by atoms with Crippen LogP contribution < -0.4 is 14.8 Å². The van der Waals surface area contributed by atoms with Crippen molar-refractivity contribution in [3.8, 4) is 11.5 Å². The second-order valence-electron chi connectivity index (χ2n) is 7.86. The molecule has 8 heteroatoms. The minimum Gasteiger partial charge on any atom is -0.444 e. The standard InChI is InChI=1S/C17H22Cl3NO4/c1-14(2,3)10-7-8-11-12(9-10)24-17(23-11,16(18,19)20)21-13(22)25-15(4,5)6/h7-9H,1-6H3,(H,21,22). The molecule has 0 aromatic heterocycles. The van der Waals surface area contributed by atoms with E-state index >= 15 is 0 Å². The van der Waals surface area contributed by atoms with Gasteiger partial charge in [-0.15, -0.1) is 0 Å². The SMILES string of the molecule is CC(C)(C)OC(=O)NC1(C(Cl)(Cl)Cl)Oc2ccc(C(C)(C)C)cc2O1. The maximum atomic E-state index is 12.2. The van der Waals surface area contributed by atoms with Crippen LogP contribution in [0.15, 0.2) is 18.2 Å². The Morgan fingerprint density at radius 2 is 1.60 bits per heavy atom. The molecule has 1 aromatic carbocycles. The second-order valence-corrected chi connectivity index (χ2v) is 10.1. The van der Waals surface area contributed by atoms with Gasteiger partial charge in [0.2, 0.25) is 0 Å². The van der Waals surface area contributed by atoms with Crippen molar-refractivity contribution in [3.05, 3.63) is 23.8 Å². The van der Waals surface area contributed by atoms with Crippen LogP contribution in [0.3, 0.4) is 0 Å². The molecule has 0 spiro atoms. The highest BCUT2D eigenvalue weighted by Gasteiger charge is 2.60. The molecule has 1 N–H and O–H groups in total. The smallest absolute Gasteiger partial charge is 0.413 e. The maximum absolute atomic E-state index is 12.2. The molecule has 0 bridgehead atoms. The molecule has 1 amide bonds. The maximum Gasteiger partial charge on any atom is 0.413 e. The zero-order valence-corrected chi connectivity index (χ0v) is 17.3. The minimum atomic E-state index is -2.11. The van der Waals surface area contributed by atoms with Gasteiger partial charge in [-0.05, 0) is 43.9 Å². The first-order chi connectivity index (χ1) is 11.1. The van der Waals surface area contributed by atoms with Gasteiger partial charge < -0.3 is 14.2 Å². The highest BCUT2D eigenvalue weighted by atomic mass is 35.6. The van der Waals surface area contributed by atoms with Crippen LogP contribution in [0.5, 0.6) is 11.5 Å². The molecule has 0 aliphatic carbocycles. The normalized spacial score (nSPS) is 20.4. The van der Waals surface area contributed by atoms with Gasteiger partial charge in [-0.1, -0.05) is 61.6 Å². The molecule has 1 atom stereocenters. The fourth-order valence-electron chi connectivity index (χ4n) is 2.14. The van der Waals surface area contributed by atoms with Gasteiger partial charge in [0, 0.05) is 0 Å². The summed E-state index contributed by atoms with van der Waals surface area (Å²) >= 11 is 18.1. The van der Waals surface area contributed by atoms with Crippen LogP contribution in [0.1, 0.15) is 47.1 Å². The van der Waals surface area contributed by atoms with Gasteiger partial charge in [0.25, 0.3) is 3.79 Å². The zero-order chi connectivity index (χ0) is 19.3. The molecule has 140 valence electrons. The predicted molar refractivity (Wildman–Crippen MR) is 98.8 cm³/mol. The van der Waals surface area contributed by atoms with E-state index in [9.17, 15) is 4.79 Å². The lowest BCUT2D eigenvalue weighted by Crippen LogP contribution is -2.64. The quantitative estimate of drug-likeness (QED) is 0.638. The molecule has 0 fully saturated rings. The topological polar surface area (TPSA) is 56.8 Å². The van der Waals surface area contributed by atoms with Crippen LogP contribution in [-0.2, 0) is 10.2 Å². The lowest BCUT2D eigenvalue weighted by atomic mass is 9.87. The summed E-state index contributed by atoms with van der Waals surface area (Å²) in [6, 6.07) is 5.40. The number of amides is 1. The summed E-state index contributed by atoms with van der Waals surface area (Å²) in [5.74, 6) is -1.30. The molecular weight excluding hydrogens is 389 g/mol. The molecular formula is C17H22Cl3NO4. The Bertz CT molecular complexity index is 674. The third kappa shape index (κ3) is 4.57. The van der Waals surface area contributed by atoms with Crippen LogP contribution in [0.4, 0.5) is 4.79 Å². The van der Waals surface area contributed by atoms with Crippen molar-refractivity contribution >= 4 is 40.9 Å². The number of fused-ring (bicyclic) bond motifs is 1. The summed E-state index contributed by atoms with van der Waals surface area (Å²) < 4.78 is 14.5. The van der Waals surface area contributed by atoms with E-state index in [-0.39, 0.29) is 5.41 Å². The molecule has 5 nitrogen and oxygen atoms in total. The third-order valence-electron chi connectivity index (χ3n) is 3.36. The van der Waals surface area contributed by atoms with Gasteiger partial charge in [-0.2, -0.15) is 0 Å². The van der Waals surface area contributed by atoms with E-state index in [0.29, 0.717) is 11.5 Å². The molecule has 1 aromatic rings. The first-order valence-electron chi connectivity index (χ1n) is 7.73. The molecule has 1 aliphatic heterocycles. The van der Waals surface area contributed by atoms with Gasteiger partial charge in [0.05, 0.1) is 0 Å². The zero-order valence-electron chi connectivity index (χ0n) is 15.0. The van der Waals surface area contributed by atoms with Gasteiger partial charge in [-0.3, -0.25) is 0 Å². The van der Waals surface area contributed by atoms with Gasteiger partial charge in [0.15, 0.2) is 11.5 Å². The van der Waals surface area contributed by atoms with E-state index in [4.69, 9.17) is 49.0 Å². The highest BCUT2D eigenvalue weighted by molar-refractivity contribution is 6.68. The summed E-state index contributed by atoms with van der Waals surface area (Å²) in [6.07, 6.45) is -0.831. The number of carbonyl (C=O) groups excluding carboxylic acids is 1. The number of halogens is 3. The Kier molecular flexibility index (Phi) is 5.10. The number of benzene rings is 1. The van der Waals surface area contributed by atoms with E-state index in [1.807, 2.05) is 6.07 Å². The number of carbonyl (C=O) groups is 1. The highest BCUT2D eigenvalue weighted by Crippen LogP contribution is 2.49. The Hall–Kier alpha value is -1.04. The fourth-order valence-corrected chi connectivity index (χ4v) is 2.52. The first kappa shape index (κ1) is 20.3. The number of nitrogens with one attached hydrogen (secondary N) is 1. The Balaban J connectivity index is 2.33. The number of hydrogen-bond acceptors (Lipinski definition) is 4. The first-order valence-corrected chi connectivity index (χ1v) is 8.87. The Labute approximate surface area is 162 Å². The van der Waals surface area contributed by atoms with Crippen molar-refractivity contribution in [2.75, 3.05) is 0 Å². The van der Waals surface area contributed by atoms with Crippen LogP contribution in [0.2, 0.25) is 0 Å². The molecule has 0 radical (unpaired) electrons. The lowest BCUT2D eigenvalue weighted by molar-refractivity contribution is -0.103. The molecule has 0 saturated carbocycles. The number of rotatable bonds is 1. The van der Waals surface area contributed by atoms with Gasteiger partial charge in [-0.25, -0.2) is 10.1 Å². The van der Waals surface area contributed by atoms with Crippen LogP contribution in [0.25, 0.3) is 0 Å². The van der Waals surface area contributed by atoms with E-state index in [1.165, 1.54) is 0 Å². The largest absolute Gasteiger partial charge is 0.444 e. The second kappa shape index (κ2) is 6.29. The number of ether oxygens (including phenoxy) is 3. The summed E-state index contributed by atoms with van der Waals surface area (Å²) in [4.78, 5) is 12.2. The van der Waals surface area contributed by atoms with E-state index < -0.39 is 21.4 Å². The summed E-state index contributed by atoms with van der Waals surface area (Å²) in [5.41, 5.74) is 0.165. The van der Waals surface area contributed by atoms with Gasteiger partial charge >= 0.3 is 12.0 Å². The number of hydrogen-bond donors (Lipinski definition) is 1. The summed E-state index contributed by atoms with van der Waals surface area (Å²) in [5, 5.41) is 2.39. The molecule has 1 heterocycles. The van der Waals surface area contributed by atoms with Gasteiger partial charge in [0.1, 0.15) is 5.60 Å². The fraction of sp³-hybridized carbons (Fsp3) is 0.588. The van der Waals surface area contributed by atoms with Crippen molar-refractivity contribution < 1.29 is 19.0 Å². The van der Waals surface area contributed by atoms with Crippen LogP contribution in [0, 0.1) is 0 Å². The molecule has 2 rings (SSSR count). The monoisotopic (exact) mass is 409 g/mol. The van der Waals surface area contributed by atoms with E-state index in [1.54, 1.807) is 32.9 Å². The van der Waals surface area contributed by atoms with Crippen molar-refractivity contribution in [1.29, 1.82) is 0 Å². The lowest BCUT2D eigenvalue weighted by Gasteiger charge is -2.34. The average molecular weight is 411 g/mol. The van der Waals surface area contributed by atoms with Crippen LogP contribution in [-0.4, -0.2) is 21.4 Å². The Morgan fingerprint density at radius 3 is 2.08 bits per heavy atom. The van der Waals surface area contributed by atoms with Crippen molar-refractivity contribution in [2.24, 2.45) is 0 Å². The minimum absolute atomic E-state index is 0.109. The summed E-state index contributed by atoms with van der Waals surface area (Å²) in [6.45, 7) is 11.3. The summed E-state index contributed by atoms with van der Waals surface area (Å²) in [7, 11) is 0. The van der Waals surface area contributed by atoms with E-state index in [2.05, 4.69) is 26.1 Å². The molecule has 1 unspecified atom stereocenters. The number of alkyl carbamates (subject to hydrolysis) is 1. The molecule has 0 saturated heterocycles. The molecule has 25 heavy (non-hydrogen) atoms. The predicted octanol–water partition coefficient (Wildman–Crippen LogP) is 5.30. The van der Waals surface area contributed by atoms with Crippen LogP contribution >= 0.6 is 34.8 Å². The van der Waals surface area contributed by atoms with Crippen molar-refractivity contribution in [3.63, 3.8) is 0 Å². The van der Waals surface area contributed by atoms with Crippen molar-refractivity contribution in [2.45, 2.75) is 62.3 Å². The molecule has 1 aliphatic rings. The van der Waals surface area contributed by atoms with Crippen molar-refractivity contribution in [1.82, 2.24) is 5.32 Å². The third-order valence-corrected chi connectivity index (χ3v) is 4.10. The average Bonchev–Trinajstić information content (AvgIpc) is 2.72. The van der Waals surface area contributed by atoms with E-state index in [0.717, 1.165) is 5.56 Å². The number of alkyl halides is 3.